The number of halogens is 1. The number of nitrogens with zero attached hydrogens (tertiary/aromatic N) is 1. The molecule has 0 atom stereocenters. The van der Waals surface area contributed by atoms with E-state index in [0.717, 1.165) is 0 Å². The molecule has 0 aromatic heterocycles. The van der Waals surface area contributed by atoms with Gasteiger partial charge in [-0.2, -0.15) is 0 Å². The molecule has 0 saturated carbocycles. The highest BCUT2D eigenvalue weighted by molar-refractivity contribution is 5.81. The number of amides is 1. The molecule has 1 aromatic carbocycles. The van der Waals surface area contributed by atoms with Crippen LogP contribution in [0.25, 0.3) is 0 Å². The quantitative estimate of drug-likeness (QED) is 0.825. The van der Waals surface area contributed by atoms with Crippen LogP contribution in [-0.2, 0) is 11.4 Å². The minimum atomic E-state index is -0.456. The van der Waals surface area contributed by atoms with Gasteiger partial charge in [0.05, 0.1) is 13.2 Å². The largest absolute Gasteiger partial charge is 0.391 e. The average molecular weight is 268 g/mol. The standard InChI is InChI=1S/C14H21FN2O2/c1-4-17(8-14(19)16-10(2)3)13-7-5-6-12(15)11(13)9-18/h5-7,10,18H,4,8-9H2,1-3H3,(H,16,19). The van der Waals surface area contributed by atoms with E-state index in [-0.39, 0.29) is 30.7 Å². The Morgan fingerprint density at radius 3 is 2.68 bits per heavy atom. The van der Waals surface area contributed by atoms with Crippen LogP contribution >= 0.6 is 0 Å². The molecule has 4 nitrogen and oxygen atoms in total. The van der Waals surface area contributed by atoms with E-state index >= 15 is 0 Å². The third-order valence-corrected chi connectivity index (χ3v) is 2.76. The van der Waals surface area contributed by atoms with E-state index in [4.69, 9.17) is 0 Å². The van der Waals surface area contributed by atoms with E-state index < -0.39 is 5.82 Å². The van der Waals surface area contributed by atoms with Crippen LogP contribution in [0.15, 0.2) is 18.2 Å². The van der Waals surface area contributed by atoms with Crippen LogP contribution in [0.2, 0.25) is 0 Å². The summed E-state index contributed by atoms with van der Waals surface area (Å²) in [6, 6.07) is 4.65. The number of rotatable bonds is 6. The lowest BCUT2D eigenvalue weighted by molar-refractivity contribution is -0.120. The maximum Gasteiger partial charge on any atom is 0.239 e. The van der Waals surface area contributed by atoms with Crippen molar-refractivity contribution in [1.82, 2.24) is 5.32 Å². The van der Waals surface area contributed by atoms with Crippen LogP contribution in [0.3, 0.4) is 0 Å². The molecule has 0 saturated heterocycles. The predicted octanol–water partition coefficient (Wildman–Crippen LogP) is 1.67. The van der Waals surface area contributed by atoms with Crippen molar-refractivity contribution in [3.05, 3.63) is 29.6 Å². The topological polar surface area (TPSA) is 52.6 Å². The Morgan fingerprint density at radius 1 is 1.47 bits per heavy atom. The molecule has 2 N–H and O–H groups in total. The van der Waals surface area contributed by atoms with Gasteiger partial charge in [0.25, 0.3) is 0 Å². The van der Waals surface area contributed by atoms with E-state index in [9.17, 15) is 14.3 Å². The van der Waals surface area contributed by atoms with E-state index in [1.165, 1.54) is 6.07 Å². The van der Waals surface area contributed by atoms with Crippen molar-refractivity contribution in [3.63, 3.8) is 0 Å². The van der Waals surface area contributed by atoms with Gasteiger partial charge in [0.15, 0.2) is 0 Å². The fraction of sp³-hybridized carbons (Fsp3) is 0.500. The maximum absolute atomic E-state index is 13.6. The SMILES string of the molecule is CCN(CC(=O)NC(C)C)c1cccc(F)c1CO. The van der Waals surface area contributed by atoms with E-state index in [1.807, 2.05) is 20.8 Å². The van der Waals surface area contributed by atoms with Crippen molar-refractivity contribution >= 4 is 11.6 Å². The van der Waals surface area contributed by atoms with Gasteiger partial charge in [0, 0.05) is 23.8 Å². The molecule has 0 aliphatic rings. The van der Waals surface area contributed by atoms with Crippen molar-refractivity contribution in [2.45, 2.75) is 33.4 Å². The van der Waals surface area contributed by atoms with E-state index in [0.29, 0.717) is 12.2 Å². The van der Waals surface area contributed by atoms with E-state index in [2.05, 4.69) is 5.32 Å². The first kappa shape index (κ1) is 15.4. The second-order valence-corrected chi connectivity index (χ2v) is 4.63. The lowest BCUT2D eigenvalue weighted by atomic mass is 10.1. The normalized spacial score (nSPS) is 10.6. The van der Waals surface area contributed by atoms with Crippen molar-refractivity contribution in [1.29, 1.82) is 0 Å². The molecule has 0 heterocycles. The first-order valence-corrected chi connectivity index (χ1v) is 6.42. The van der Waals surface area contributed by atoms with Crippen LogP contribution in [-0.4, -0.2) is 30.1 Å². The number of anilines is 1. The summed E-state index contributed by atoms with van der Waals surface area (Å²) in [4.78, 5) is 13.5. The Morgan fingerprint density at radius 2 is 2.16 bits per heavy atom. The van der Waals surface area contributed by atoms with Crippen LogP contribution < -0.4 is 10.2 Å². The van der Waals surface area contributed by atoms with Crippen molar-refractivity contribution < 1.29 is 14.3 Å². The molecule has 0 unspecified atom stereocenters. The van der Waals surface area contributed by atoms with Crippen LogP contribution in [0.1, 0.15) is 26.3 Å². The van der Waals surface area contributed by atoms with Gasteiger partial charge in [-0.3, -0.25) is 4.79 Å². The first-order valence-electron chi connectivity index (χ1n) is 6.42. The second-order valence-electron chi connectivity index (χ2n) is 4.63. The summed E-state index contributed by atoms with van der Waals surface area (Å²) in [7, 11) is 0. The molecule has 1 amide bonds. The first-order chi connectivity index (χ1) is 8.99. The van der Waals surface area contributed by atoms with Crippen LogP contribution in [0.4, 0.5) is 10.1 Å². The van der Waals surface area contributed by atoms with Gasteiger partial charge in [0.2, 0.25) is 5.91 Å². The van der Waals surface area contributed by atoms with Crippen LogP contribution in [0.5, 0.6) is 0 Å². The van der Waals surface area contributed by atoms with Crippen molar-refractivity contribution in [3.8, 4) is 0 Å². The third-order valence-electron chi connectivity index (χ3n) is 2.76. The molecule has 5 heteroatoms. The number of aliphatic hydroxyl groups excluding tert-OH is 1. The van der Waals surface area contributed by atoms with Gasteiger partial charge in [0.1, 0.15) is 5.82 Å². The summed E-state index contributed by atoms with van der Waals surface area (Å²) in [5.74, 6) is -0.576. The number of hydrogen-bond acceptors (Lipinski definition) is 3. The minimum Gasteiger partial charge on any atom is -0.391 e. The van der Waals surface area contributed by atoms with Crippen LogP contribution in [0, 0.1) is 5.82 Å². The lowest BCUT2D eigenvalue weighted by Gasteiger charge is -2.25. The highest BCUT2D eigenvalue weighted by atomic mass is 19.1. The monoisotopic (exact) mass is 268 g/mol. The number of benzene rings is 1. The highest BCUT2D eigenvalue weighted by Crippen LogP contribution is 2.23. The fourth-order valence-corrected chi connectivity index (χ4v) is 1.91. The highest BCUT2D eigenvalue weighted by Gasteiger charge is 2.16. The Labute approximate surface area is 113 Å². The smallest absolute Gasteiger partial charge is 0.239 e. The molecule has 0 aliphatic carbocycles. The van der Waals surface area contributed by atoms with E-state index in [1.54, 1.807) is 17.0 Å². The van der Waals surface area contributed by atoms with Gasteiger partial charge in [-0.05, 0) is 32.9 Å². The Hall–Kier alpha value is -1.62. The van der Waals surface area contributed by atoms with Gasteiger partial charge in [-0.1, -0.05) is 6.07 Å². The molecular formula is C14H21FN2O2. The Kier molecular flexibility index (Phi) is 5.76. The zero-order valence-electron chi connectivity index (χ0n) is 11.6. The second kappa shape index (κ2) is 7.09. The Bertz CT molecular complexity index is 435. The lowest BCUT2D eigenvalue weighted by Crippen LogP contribution is -2.40. The summed E-state index contributed by atoms with van der Waals surface area (Å²) >= 11 is 0. The predicted molar refractivity (Wildman–Crippen MR) is 73.5 cm³/mol. The zero-order chi connectivity index (χ0) is 14.4. The number of aliphatic hydroxyl groups is 1. The number of carbonyl (C=O) groups is 1. The number of likely N-dealkylation sites (N-methyl/N-ethyl adjacent to an activating group) is 1. The number of carbonyl (C=O) groups excluding carboxylic acids is 1. The molecule has 0 spiro atoms. The Balaban J connectivity index is 2.91. The molecule has 1 rings (SSSR count). The summed E-state index contributed by atoms with van der Waals surface area (Å²) in [5.41, 5.74) is 0.783. The minimum absolute atomic E-state index is 0.0658. The summed E-state index contributed by atoms with van der Waals surface area (Å²) < 4.78 is 13.6. The average Bonchev–Trinajstić information content (AvgIpc) is 2.34. The van der Waals surface area contributed by atoms with Crippen molar-refractivity contribution in [2.75, 3.05) is 18.0 Å². The molecule has 0 radical (unpaired) electrons. The van der Waals surface area contributed by atoms with Gasteiger partial charge in [-0.25, -0.2) is 4.39 Å². The van der Waals surface area contributed by atoms with Gasteiger partial charge in [-0.15, -0.1) is 0 Å². The summed E-state index contributed by atoms with van der Waals surface area (Å²) in [6.45, 7) is 5.97. The molecule has 106 valence electrons. The molecular weight excluding hydrogens is 247 g/mol. The third kappa shape index (κ3) is 4.21. The number of hydrogen-bond donors (Lipinski definition) is 2. The van der Waals surface area contributed by atoms with Gasteiger partial charge >= 0.3 is 0 Å². The van der Waals surface area contributed by atoms with Crippen molar-refractivity contribution in [2.24, 2.45) is 0 Å². The fourth-order valence-electron chi connectivity index (χ4n) is 1.91. The molecule has 19 heavy (non-hydrogen) atoms. The molecule has 1 aromatic rings. The molecule has 0 fully saturated rings. The zero-order valence-corrected chi connectivity index (χ0v) is 11.6. The maximum atomic E-state index is 13.6. The summed E-state index contributed by atoms with van der Waals surface area (Å²) in [5, 5.41) is 12.0. The van der Waals surface area contributed by atoms with Gasteiger partial charge < -0.3 is 15.3 Å². The molecule has 0 aliphatic heterocycles. The molecule has 0 bridgehead atoms. The number of nitrogens with one attached hydrogen (secondary N) is 1. The summed E-state index contributed by atoms with van der Waals surface area (Å²) in [6.07, 6.45) is 0.